The van der Waals surface area contributed by atoms with Gasteiger partial charge in [0.15, 0.2) is 0 Å². The van der Waals surface area contributed by atoms with Crippen molar-refractivity contribution in [3.63, 3.8) is 0 Å². The molecule has 6 heteroatoms. The number of carboxylic acid groups (broad SMARTS) is 1. The number of fused-ring (bicyclic) bond motifs is 4. The van der Waals surface area contributed by atoms with Gasteiger partial charge in [-0.3, -0.25) is 0 Å². The smallest absolute Gasteiger partial charge is 0.407 e. The molecule has 0 saturated carbocycles. The molecule has 31 heavy (non-hydrogen) atoms. The number of ether oxygens (including phenoxy) is 2. The minimum Gasteiger partial charge on any atom is -0.478 e. The minimum absolute atomic E-state index is 0.00818. The number of nitrogens with one attached hydrogen (secondary N) is 1. The number of hydrogen-bond donors (Lipinski definition) is 2. The monoisotopic (exact) mass is 415 g/mol. The quantitative estimate of drug-likeness (QED) is 0.656. The highest BCUT2D eigenvalue weighted by atomic mass is 16.5. The van der Waals surface area contributed by atoms with E-state index in [1.54, 1.807) is 18.2 Å². The fourth-order valence-corrected chi connectivity index (χ4v) is 4.48. The van der Waals surface area contributed by atoms with Gasteiger partial charge in [-0.25, -0.2) is 9.59 Å². The van der Waals surface area contributed by atoms with Gasteiger partial charge in [0.05, 0.1) is 24.8 Å². The van der Waals surface area contributed by atoms with Crippen LogP contribution in [0.2, 0.25) is 0 Å². The molecule has 5 rings (SSSR count). The molecule has 0 fully saturated rings. The lowest BCUT2D eigenvalue weighted by Crippen LogP contribution is -2.35. The maximum atomic E-state index is 12.6. The van der Waals surface area contributed by atoms with Crippen LogP contribution >= 0.6 is 0 Å². The fraction of sp³-hybridized carbons (Fsp3) is 0.200. The van der Waals surface area contributed by atoms with Crippen molar-refractivity contribution >= 4 is 12.1 Å². The molecule has 3 aromatic carbocycles. The number of carbonyl (C=O) groups excluding carboxylic acids is 1. The summed E-state index contributed by atoms with van der Waals surface area (Å²) in [6, 6.07) is 20.8. The summed E-state index contributed by atoms with van der Waals surface area (Å²) in [7, 11) is 0. The van der Waals surface area contributed by atoms with Crippen molar-refractivity contribution in [3.8, 4) is 11.1 Å². The first kappa shape index (κ1) is 19.3. The third-order valence-electron chi connectivity index (χ3n) is 5.94. The van der Waals surface area contributed by atoms with Crippen LogP contribution in [0.5, 0.6) is 0 Å². The van der Waals surface area contributed by atoms with Crippen LogP contribution in [0.1, 0.15) is 44.6 Å². The van der Waals surface area contributed by atoms with Crippen molar-refractivity contribution in [2.24, 2.45) is 0 Å². The summed E-state index contributed by atoms with van der Waals surface area (Å²) in [6.07, 6.45) is -0.523. The van der Waals surface area contributed by atoms with Crippen molar-refractivity contribution in [2.75, 3.05) is 13.2 Å². The third kappa shape index (κ3) is 3.55. The van der Waals surface area contributed by atoms with Gasteiger partial charge in [-0.2, -0.15) is 0 Å². The van der Waals surface area contributed by atoms with Crippen molar-refractivity contribution in [2.45, 2.75) is 18.6 Å². The van der Waals surface area contributed by atoms with Crippen LogP contribution in [-0.4, -0.2) is 30.4 Å². The van der Waals surface area contributed by atoms with E-state index in [9.17, 15) is 14.7 Å². The second-order valence-corrected chi connectivity index (χ2v) is 7.76. The number of amides is 1. The minimum atomic E-state index is -0.991. The summed E-state index contributed by atoms with van der Waals surface area (Å²) in [4.78, 5) is 23.8. The Balaban J connectivity index is 1.29. The number of carbonyl (C=O) groups is 2. The number of rotatable bonds is 4. The second kappa shape index (κ2) is 7.89. The van der Waals surface area contributed by atoms with Gasteiger partial charge >= 0.3 is 12.1 Å². The third-order valence-corrected chi connectivity index (χ3v) is 5.94. The maximum Gasteiger partial charge on any atom is 0.407 e. The highest BCUT2D eigenvalue weighted by molar-refractivity contribution is 5.88. The molecule has 3 aromatic rings. The summed E-state index contributed by atoms with van der Waals surface area (Å²) >= 11 is 0. The zero-order valence-corrected chi connectivity index (χ0v) is 16.7. The van der Waals surface area contributed by atoms with E-state index >= 15 is 0 Å². The van der Waals surface area contributed by atoms with E-state index in [-0.39, 0.29) is 24.1 Å². The lowest BCUT2D eigenvalue weighted by atomic mass is 9.97. The highest BCUT2D eigenvalue weighted by Crippen LogP contribution is 2.44. The Hall–Kier alpha value is -3.64. The van der Waals surface area contributed by atoms with Gasteiger partial charge in [0.1, 0.15) is 6.61 Å². The first-order valence-corrected chi connectivity index (χ1v) is 10.2. The van der Waals surface area contributed by atoms with Crippen LogP contribution in [-0.2, 0) is 16.1 Å². The molecule has 156 valence electrons. The van der Waals surface area contributed by atoms with E-state index < -0.39 is 12.1 Å². The average Bonchev–Trinajstić information content (AvgIpc) is 3.11. The maximum absolute atomic E-state index is 12.6. The summed E-state index contributed by atoms with van der Waals surface area (Å²) in [5, 5.41) is 12.0. The largest absolute Gasteiger partial charge is 0.478 e. The molecule has 0 saturated heterocycles. The molecule has 0 spiro atoms. The number of hydrogen-bond acceptors (Lipinski definition) is 4. The van der Waals surface area contributed by atoms with Crippen LogP contribution in [0.15, 0.2) is 66.7 Å². The second-order valence-electron chi connectivity index (χ2n) is 7.76. The molecule has 2 N–H and O–H groups in total. The zero-order chi connectivity index (χ0) is 21.4. The van der Waals surface area contributed by atoms with Crippen LogP contribution < -0.4 is 5.32 Å². The lowest BCUT2D eigenvalue weighted by Gasteiger charge is -2.26. The first-order chi connectivity index (χ1) is 15.1. The zero-order valence-electron chi connectivity index (χ0n) is 16.7. The van der Waals surface area contributed by atoms with E-state index in [0.717, 1.165) is 22.3 Å². The van der Waals surface area contributed by atoms with E-state index in [2.05, 4.69) is 29.6 Å². The van der Waals surface area contributed by atoms with Crippen LogP contribution in [0.4, 0.5) is 4.79 Å². The van der Waals surface area contributed by atoms with Gasteiger partial charge in [0.25, 0.3) is 0 Å². The van der Waals surface area contributed by atoms with E-state index in [4.69, 9.17) is 9.47 Å². The van der Waals surface area contributed by atoms with Gasteiger partial charge in [-0.05, 0) is 45.5 Å². The molecule has 1 aliphatic heterocycles. The van der Waals surface area contributed by atoms with E-state index in [0.29, 0.717) is 13.2 Å². The first-order valence-electron chi connectivity index (χ1n) is 10.2. The van der Waals surface area contributed by atoms with Gasteiger partial charge in [-0.15, -0.1) is 0 Å². The van der Waals surface area contributed by atoms with Crippen LogP contribution in [0, 0.1) is 0 Å². The van der Waals surface area contributed by atoms with E-state index in [1.165, 1.54) is 11.1 Å². The normalized spacial score (nSPS) is 16.7. The number of carboxylic acids is 1. The molecule has 0 bridgehead atoms. The van der Waals surface area contributed by atoms with Crippen molar-refractivity contribution in [1.82, 2.24) is 5.32 Å². The lowest BCUT2D eigenvalue weighted by molar-refractivity contribution is 0.0688. The molecule has 0 unspecified atom stereocenters. The summed E-state index contributed by atoms with van der Waals surface area (Å²) in [5.41, 5.74) is 6.48. The highest BCUT2D eigenvalue weighted by Gasteiger charge is 2.30. The molecule has 1 aliphatic carbocycles. The molecular formula is C25H21NO5. The average molecular weight is 415 g/mol. The molecule has 0 aromatic heterocycles. The number of aromatic carboxylic acids is 1. The van der Waals surface area contributed by atoms with Crippen molar-refractivity contribution in [3.05, 3.63) is 94.5 Å². The fourth-order valence-electron chi connectivity index (χ4n) is 4.48. The Labute approximate surface area is 179 Å². The Bertz CT molecular complexity index is 1130. The molecule has 1 atom stereocenters. The van der Waals surface area contributed by atoms with Gasteiger partial charge in [0, 0.05) is 5.92 Å². The van der Waals surface area contributed by atoms with Crippen LogP contribution in [0.3, 0.4) is 0 Å². The Morgan fingerprint density at radius 2 is 1.65 bits per heavy atom. The molecule has 2 aliphatic rings. The standard InChI is InChI=1S/C25H21NO5/c27-24(28)15-9-10-17-16(11-15)12-30-14-23(17)26-25(29)31-13-22-20-7-3-1-5-18(20)19-6-2-4-8-21(19)22/h1-11,22-23H,12-14H2,(H,26,29)(H,27,28)/t23-/m1/s1. The molecule has 6 nitrogen and oxygen atoms in total. The predicted molar refractivity (Wildman–Crippen MR) is 114 cm³/mol. The van der Waals surface area contributed by atoms with Crippen molar-refractivity contribution in [1.29, 1.82) is 0 Å². The topological polar surface area (TPSA) is 84.9 Å². The molecule has 1 amide bonds. The number of alkyl carbamates (subject to hydrolysis) is 1. The Morgan fingerprint density at radius 3 is 2.32 bits per heavy atom. The number of benzene rings is 3. The summed E-state index contributed by atoms with van der Waals surface area (Å²) in [6.45, 7) is 0.862. The Kier molecular flexibility index (Phi) is 4.92. The van der Waals surface area contributed by atoms with Crippen LogP contribution in [0.25, 0.3) is 11.1 Å². The van der Waals surface area contributed by atoms with Gasteiger partial charge in [-0.1, -0.05) is 54.6 Å². The summed E-state index contributed by atoms with van der Waals surface area (Å²) < 4.78 is 11.2. The van der Waals surface area contributed by atoms with Crippen molar-refractivity contribution < 1.29 is 24.2 Å². The predicted octanol–water partition coefficient (Wildman–Crippen LogP) is 4.49. The Morgan fingerprint density at radius 1 is 0.968 bits per heavy atom. The molecule has 0 radical (unpaired) electrons. The van der Waals surface area contributed by atoms with E-state index in [1.807, 2.05) is 24.3 Å². The SMILES string of the molecule is O=C(N[C@@H]1COCc2cc(C(=O)O)ccc21)OCC1c2ccccc2-c2ccccc21. The van der Waals surface area contributed by atoms with Gasteiger partial charge in [0.2, 0.25) is 0 Å². The van der Waals surface area contributed by atoms with Gasteiger partial charge < -0.3 is 19.9 Å². The summed E-state index contributed by atoms with van der Waals surface area (Å²) in [5.74, 6) is -0.999. The molecular weight excluding hydrogens is 394 g/mol. The molecule has 1 heterocycles.